The topological polar surface area (TPSA) is 79.7 Å². The van der Waals surface area contributed by atoms with Gasteiger partial charge in [-0.1, -0.05) is 11.6 Å². The molecule has 0 fully saturated rings. The molecule has 0 saturated heterocycles. The Balaban J connectivity index is 1.77. The third-order valence-electron chi connectivity index (χ3n) is 3.89. The Morgan fingerprint density at radius 3 is 2.96 bits per heavy atom. The van der Waals surface area contributed by atoms with E-state index in [9.17, 15) is 9.18 Å². The van der Waals surface area contributed by atoms with Crippen LogP contribution in [0.2, 0.25) is 5.02 Å². The van der Waals surface area contributed by atoms with Crippen molar-refractivity contribution in [3.63, 3.8) is 0 Å². The summed E-state index contributed by atoms with van der Waals surface area (Å²) < 4.78 is 15.4. The zero-order valence-electron chi connectivity index (χ0n) is 12.4. The van der Waals surface area contributed by atoms with Gasteiger partial charge in [0.2, 0.25) is 5.95 Å². The minimum Gasteiger partial charge on any atom is -0.346 e. The second kappa shape index (κ2) is 5.72. The summed E-state index contributed by atoms with van der Waals surface area (Å²) in [4.78, 5) is 28.9. The van der Waals surface area contributed by atoms with Crippen molar-refractivity contribution in [1.82, 2.24) is 24.5 Å². The van der Waals surface area contributed by atoms with Crippen LogP contribution in [0.15, 0.2) is 35.5 Å². The van der Waals surface area contributed by atoms with E-state index in [1.807, 2.05) is 15.7 Å². The number of hydrogen-bond acceptors (Lipinski definition) is 5. The molecule has 24 heavy (non-hydrogen) atoms. The van der Waals surface area contributed by atoms with Crippen molar-refractivity contribution in [3.05, 3.63) is 57.9 Å². The second-order valence-electron chi connectivity index (χ2n) is 5.38. The molecule has 0 amide bonds. The highest BCUT2D eigenvalue weighted by Gasteiger charge is 2.22. The van der Waals surface area contributed by atoms with Crippen LogP contribution in [0.25, 0.3) is 11.4 Å². The molecular weight excluding hydrogens is 335 g/mol. The Morgan fingerprint density at radius 2 is 2.12 bits per heavy atom. The first-order valence-electron chi connectivity index (χ1n) is 7.28. The van der Waals surface area contributed by atoms with Crippen molar-refractivity contribution in [1.29, 1.82) is 0 Å². The molecule has 1 aliphatic heterocycles. The summed E-state index contributed by atoms with van der Waals surface area (Å²) in [7, 11) is 0. The number of aromatic amines is 1. The maximum atomic E-state index is 13.3. The molecule has 1 aliphatic rings. The predicted octanol–water partition coefficient (Wildman–Crippen LogP) is 1.84. The predicted molar refractivity (Wildman–Crippen MR) is 86.3 cm³/mol. The van der Waals surface area contributed by atoms with Gasteiger partial charge in [-0.25, -0.2) is 15.0 Å². The SMILES string of the molecule is O=c1[nH]c(-c2ccnc(F)c2)nc(N2CCn3ccnc3C2)c1Cl. The van der Waals surface area contributed by atoms with Crippen LogP contribution in [-0.2, 0) is 13.1 Å². The lowest BCUT2D eigenvalue weighted by Crippen LogP contribution is -2.35. The van der Waals surface area contributed by atoms with Crippen LogP contribution in [0.3, 0.4) is 0 Å². The smallest absolute Gasteiger partial charge is 0.272 e. The van der Waals surface area contributed by atoms with Gasteiger partial charge in [-0.05, 0) is 6.07 Å². The van der Waals surface area contributed by atoms with Gasteiger partial charge in [0, 0.05) is 43.3 Å². The van der Waals surface area contributed by atoms with Crippen LogP contribution >= 0.6 is 11.6 Å². The second-order valence-corrected chi connectivity index (χ2v) is 5.76. The molecule has 4 rings (SSSR count). The van der Waals surface area contributed by atoms with E-state index in [0.29, 0.717) is 24.5 Å². The van der Waals surface area contributed by atoms with Gasteiger partial charge in [0.05, 0.1) is 6.54 Å². The monoisotopic (exact) mass is 346 g/mol. The third kappa shape index (κ3) is 2.54. The van der Waals surface area contributed by atoms with Crippen LogP contribution in [-0.4, -0.2) is 31.0 Å². The Labute approximate surface area is 140 Å². The summed E-state index contributed by atoms with van der Waals surface area (Å²) in [5.74, 6) is 0.832. The van der Waals surface area contributed by atoms with Crippen molar-refractivity contribution in [2.24, 2.45) is 0 Å². The lowest BCUT2D eigenvalue weighted by atomic mass is 10.2. The highest BCUT2D eigenvalue weighted by molar-refractivity contribution is 6.32. The Hall–Kier alpha value is -2.74. The Kier molecular flexibility index (Phi) is 3.53. The van der Waals surface area contributed by atoms with Gasteiger partial charge >= 0.3 is 0 Å². The van der Waals surface area contributed by atoms with E-state index in [1.165, 1.54) is 12.3 Å². The van der Waals surface area contributed by atoms with Crippen LogP contribution in [0, 0.1) is 5.95 Å². The van der Waals surface area contributed by atoms with Crippen molar-refractivity contribution < 1.29 is 4.39 Å². The first-order chi connectivity index (χ1) is 11.6. The van der Waals surface area contributed by atoms with Crippen LogP contribution in [0.5, 0.6) is 0 Å². The number of nitrogens with zero attached hydrogens (tertiary/aromatic N) is 5. The fourth-order valence-corrected chi connectivity index (χ4v) is 2.91. The number of imidazole rings is 1. The Morgan fingerprint density at radius 1 is 1.25 bits per heavy atom. The molecule has 0 aliphatic carbocycles. The summed E-state index contributed by atoms with van der Waals surface area (Å²) in [6.07, 6.45) is 4.96. The average molecular weight is 347 g/mol. The summed E-state index contributed by atoms with van der Waals surface area (Å²) in [5.41, 5.74) is -0.0428. The molecule has 0 spiro atoms. The molecule has 0 radical (unpaired) electrons. The molecular formula is C15H12ClFN6O. The van der Waals surface area contributed by atoms with Crippen LogP contribution in [0.1, 0.15) is 5.82 Å². The van der Waals surface area contributed by atoms with Gasteiger partial charge in [-0.15, -0.1) is 0 Å². The average Bonchev–Trinajstić information content (AvgIpc) is 3.05. The van der Waals surface area contributed by atoms with E-state index in [2.05, 4.69) is 19.9 Å². The summed E-state index contributed by atoms with van der Waals surface area (Å²) in [6.45, 7) is 1.86. The van der Waals surface area contributed by atoms with Crippen molar-refractivity contribution in [3.8, 4) is 11.4 Å². The molecule has 0 unspecified atom stereocenters. The molecule has 122 valence electrons. The largest absolute Gasteiger partial charge is 0.346 e. The quantitative estimate of drug-likeness (QED) is 0.716. The first kappa shape index (κ1) is 14.8. The van der Waals surface area contributed by atoms with E-state index in [0.717, 1.165) is 12.4 Å². The van der Waals surface area contributed by atoms with Gasteiger partial charge in [-0.2, -0.15) is 4.39 Å². The van der Waals surface area contributed by atoms with Crippen molar-refractivity contribution in [2.45, 2.75) is 13.1 Å². The number of fused-ring (bicyclic) bond motifs is 1. The zero-order chi connectivity index (χ0) is 16.7. The number of hydrogen-bond donors (Lipinski definition) is 1. The first-order valence-corrected chi connectivity index (χ1v) is 7.66. The van der Waals surface area contributed by atoms with Gasteiger partial charge in [0.1, 0.15) is 16.7 Å². The molecule has 0 saturated carbocycles. The molecule has 7 nitrogen and oxygen atoms in total. The number of nitrogens with one attached hydrogen (secondary N) is 1. The number of aromatic nitrogens is 5. The number of H-pyrrole nitrogens is 1. The third-order valence-corrected chi connectivity index (χ3v) is 4.23. The molecule has 1 N–H and O–H groups in total. The molecule has 4 heterocycles. The highest BCUT2D eigenvalue weighted by Crippen LogP contribution is 2.26. The number of pyridine rings is 1. The summed E-state index contributed by atoms with van der Waals surface area (Å²) in [5, 5.41) is 0.00767. The van der Waals surface area contributed by atoms with Crippen molar-refractivity contribution >= 4 is 17.4 Å². The van der Waals surface area contributed by atoms with Gasteiger partial charge in [0.25, 0.3) is 5.56 Å². The molecule has 3 aromatic rings. The van der Waals surface area contributed by atoms with E-state index in [4.69, 9.17) is 11.6 Å². The molecule has 3 aromatic heterocycles. The van der Waals surface area contributed by atoms with E-state index >= 15 is 0 Å². The summed E-state index contributed by atoms with van der Waals surface area (Å²) in [6, 6.07) is 2.78. The maximum Gasteiger partial charge on any atom is 0.272 e. The lowest BCUT2D eigenvalue weighted by Gasteiger charge is -2.29. The maximum absolute atomic E-state index is 13.3. The normalized spacial score (nSPS) is 13.8. The van der Waals surface area contributed by atoms with Gasteiger partial charge in [0.15, 0.2) is 5.82 Å². The Bertz CT molecular complexity index is 969. The van der Waals surface area contributed by atoms with E-state index in [1.54, 1.807) is 12.3 Å². The zero-order valence-corrected chi connectivity index (χ0v) is 13.2. The fourth-order valence-electron chi connectivity index (χ4n) is 2.70. The van der Waals surface area contributed by atoms with Crippen LogP contribution in [0.4, 0.5) is 10.2 Å². The fraction of sp³-hybridized carbons (Fsp3) is 0.200. The van der Waals surface area contributed by atoms with Gasteiger partial charge in [-0.3, -0.25) is 4.79 Å². The number of rotatable bonds is 2. The van der Waals surface area contributed by atoms with Crippen molar-refractivity contribution in [2.75, 3.05) is 11.4 Å². The minimum absolute atomic E-state index is 0.00767. The lowest BCUT2D eigenvalue weighted by molar-refractivity contribution is 0.556. The number of anilines is 1. The van der Waals surface area contributed by atoms with Crippen LogP contribution < -0.4 is 10.5 Å². The summed E-state index contributed by atoms with van der Waals surface area (Å²) >= 11 is 6.16. The van der Waals surface area contributed by atoms with E-state index in [-0.39, 0.29) is 10.8 Å². The standard InChI is InChI=1S/C15H12ClFN6O/c16-12-14(23-6-5-22-4-3-19-11(22)8-23)20-13(21-15(12)24)9-1-2-18-10(17)7-9/h1-4,7H,5-6,8H2,(H,20,21,24). The minimum atomic E-state index is -0.647. The molecule has 0 bridgehead atoms. The number of halogens is 2. The highest BCUT2D eigenvalue weighted by atomic mass is 35.5. The van der Waals surface area contributed by atoms with E-state index < -0.39 is 11.5 Å². The molecule has 9 heteroatoms. The van der Waals surface area contributed by atoms with Gasteiger partial charge < -0.3 is 14.5 Å². The molecule has 0 aromatic carbocycles. The molecule has 0 atom stereocenters.